The largest absolute Gasteiger partial charge is 0.394 e. The molecule has 0 aliphatic heterocycles. The van der Waals surface area contributed by atoms with Gasteiger partial charge in [-0.25, -0.2) is 4.98 Å². The molecule has 0 aliphatic rings. The molecule has 0 saturated heterocycles. The number of aliphatic hydroxyl groups is 1. The molecule has 0 aromatic carbocycles. The van der Waals surface area contributed by atoms with Crippen LogP contribution in [0.25, 0.3) is 0 Å². The lowest BCUT2D eigenvalue weighted by molar-refractivity contribution is 0.242. The molecule has 0 amide bonds. The van der Waals surface area contributed by atoms with Gasteiger partial charge in [0.1, 0.15) is 0 Å². The summed E-state index contributed by atoms with van der Waals surface area (Å²) in [6.07, 6.45) is 1.07. The number of aliphatic hydroxyl groups excluding tert-OH is 1. The average molecular weight is 186 g/mol. The minimum atomic E-state index is 0.0104. The van der Waals surface area contributed by atoms with E-state index in [1.807, 2.05) is 5.38 Å². The number of hydrogen-bond donors (Lipinski definition) is 2. The summed E-state index contributed by atoms with van der Waals surface area (Å²) < 4.78 is 0. The highest BCUT2D eigenvalue weighted by Crippen LogP contribution is 2.11. The van der Waals surface area contributed by atoms with Gasteiger partial charge < -0.3 is 10.4 Å². The van der Waals surface area contributed by atoms with Crippen LogP contribution in [-0.2, 0) is 0 Å². The first kappa shape index (κ1) is 9.64. The molecule has 12 heavy (non-hydrogen) atoms. The molecule has 68 valence electrons. The van der Waals surface area contributed by atoms with Crippen LogP contribution in [0.4, 0.5) is 0 Å². The standard InChI is InChI=1S/C8H14N2OS/c1-2-3-9-7(4-11)8-5-12-6-10-8/h5-7,9,11H,2-4H2,1H3. The van der Waals surface area contributed by atoms with Crippen LogP contribution in [0.1, 0.15) is 25.1 Å². The fourth-order valence-corrected chi connectivity index (χ4v) is 1.58. The van der Waals surface area contributed by atoms with Gasteiger partial charge in [0.05, 0.1) is 23.9 Å². The maximum absolute atomic E-state index is 9.03. The highest BCUT2D eigenvalue weighted by Gasteiger charge is 2.09. The predicted molar refractivity (Wildman–Crippen MR) is 50.2 cm³/mol. The van der Waals surface area contributed by atoms with Crippen molar-refractivity contribution in [3.63, 3.8) is 0 Å². The SMILES string of the molecule is CCCNC(CO)c1cscn1. The smallest absolute Gasteiger partial charge is 0.0795 e. The number of hydrogen-bond acceptors (Lipinski definition) is 4. The van der Waals surface area contributed by atoms with Gasteiger partial charge in [-0.3, -0.25) is 0 Å². The Kier molecular flexibility index (Phi) is 4.21. The highest BCUT2D eigenvalue weighted by molar-refractivity contribution is 7.07. The second-order valence-corrected chi connectivity index (χ2v) is 3.32. The fraction of sp³-hybridized carbons (Fsp3) is 0.625. The lowest BCUT2D eigenvalue weighted by atomic mass is 10.2. The van der Waals surface area contributed by atoms with Crippen LogP contribution in [0.15, 0.2) is 10.9 Å². The van der Waals surface area contributed by atoms with Gasteiger partial charge in [0.15, 0.2) is 0 Å². The Labute approximate surface area is 76.5 Å². The quantitative estimate of drug-likeness (QED) is 0.725. The van der Waals surface area contributed by atoms with Crippen molar-refractivity contribution in [2.75, 3.05) is 13.2 Å². The molecule has 1 heterocycles. The second kappa shape index (κ2) is 5.24. The molecule has 0 fully saturated rings. The van der Waals surface area contributed by atoms with Gasteiger partial charge in [-0.05, 0) is 13.0 Å². The summed E-state index contributed by atoms with van der Waals surface area (Å²) in [6.45, 7) is 3.13. The molecule has 1 unspecified atom stereocenters. The van der Waals surface area contributed by atoms with Crippen molar-refractivity contribution >= 4 is 11.3 Å². The number of nitrogens with one attached hydrogen (secondary N) is 1. The predicted octanol–water partition coefficient (Wildman–Crippen LogP) is 1.18. The van der Waals surface area contributed by atoms with Gasteiger partial charge in [0.2, 0.25) is 0 Å². The van der Waals surface area contributed by atoms with Gasteiger partial charge in [0, 0.05) is 5.38 Å². The van der Waals surface area contributed by atoms with Gasteiger partial charge in [-0.15, -0.1) is 11.3 Å². The molecule has 1 atom stereocenters. The third-order valence-corrected chi connectivity index (χ3v) is 2.24. The van der Waals surface area contributed by atoms with Gasteiger partial charge in [-0.1, -0.05) is 6.92 Å². The second-order valence-electron chi connectivity index (χ2n) is 2.60. The third-order valence-electron chi connectivity index (χ3n) is 1.63. The highest BCUT2D eigenvalue weighted by atomic mass is 32.1. The Morgan fingerprint density at radius 1 is 1.75 bits per heavy atom. The molecule has 1 aromatic heterocycles. The molecule has 1 rings (SSSR count). The van der Waals surface area contributed by atoms with Crippen molar-refractivity contribution in [3.05, 3.63) is 16.6 Å². The molecule has 3 nitrogen and oxygen atoms in total. The normalized spacial score (nSPS) is 13.2. The number of thiazole rings is 1. The first-order valence-electron chi connectivity index (χ1n) is 4.10. The molecule has 0 spiro atoms. The zero-order valence-corrected chi connectivity index (χ0v) is 7.97. The molecular weight excluding hydrogens is 172 g/mol. The van der Waals surface area contributed by atoms with Crippen LogP contribution in [-0.4, -0.2) is 23.2 Å². The molecular formula is C8H14N2OS. The summed E-state index contributed by atoms with van der Waals surface area (Å²) in [5, 5.41) is 14.2. The Balaban J connectivity index is 2.45. The summed E-state index contributed by atoms with van der Waals surface area (Å²) in [6, 6.07) is 0.0104. The van der Waals surface area contributed by atoms with E-state index in [4.69, 9.17) is 5.11 Å². The van der Waals surface area contributed by atoms with Crippen LogP contribution in [0.2, 0.25) is 0 Å². The Bertz CT molecular complexity index is 201. The lowest BCUT2D eigenvalue weighted by Gasteiger charge is -2.12. The minimum Gasteiger partial charge on any atom is -0.394 e. The molecule has 0 saturated carbocycles. The number of rotatable bonds is 5. The Morgan fingerprint density at radius 3 is 3.08 bits per heavy atom. The molecule has 2 N–H and O–H groups in total. The monoisotopic (exact) mass is 186 g/mol. The molecule has 0 bridgehead atoms. The van der Waals surface area contributed by atoms with E-state index in [0.29, 0.717) is 0 Å². The first-order chi connectivity index (χ1) is 5.88. The van der Waals surface area contributed by atoms with Crippen molar-refractivity contribution in [2.45, 2.75) is 19.4 Å². The van der Waals surface area contributed by atoms with Crippen molar-refractivity contribution in [3.8, 4) is 0 Å². The van der Waals surface area contributed by atoms with Gasteiger partial charge >= 0.3 is 0 Å². The summed E-state index contributed by atoms with van der Waals surface area (Å²) in [4.78, 5) is 4.14. The van der Waals surface area contributed by atoms with Crippen molar-refractivity contribution in [2.24, 2.45) is 0 Å². The van der Waals surface area contributed by atoms with E-state index < -0.39 is 0 Å². The number of nitrogens with zero attached hydrogens (tertiary/aromatic N) is 1. The zero-order valence-electron chi connectivity index (χ0n) is 7.16. The van der Waals surface area contributed by atoms with E-state index in [-0.39, 0.29) is 12.6 Å². The summed E-state index contributed by atoms with van der Waals surface area (Å²) in [5.41, 5.74) is 2.72. The molecule has 0 aliphatic carbocycles. The summed E-state index contributed by atoms with van der Waals surface area (Å²) in [5.74, 6) is 0. The Morgan fingerprint density at radius 2 is 2.58 bits per heavy atom. The first-order valence-corrected chi connectivity index (χ1v) is 5.05. The van der Waals surface area contributed by atoms with Gasteiger partial charge in [-0.2, -0.15) is 0 Å². The van der Waals surface area contributed by atoms with Crippen molar-refractivity contribution < 1.29 is 5.11 Å². The van der Waals surface area contributed by atoms with Crippen LogP contribution in [0.5, 0.6) is 0 Å². The van der Waals surface area contributed by atoms with Gasteiger partial charge in [0.25, 0.3) is 0 Å². The molecule has 4 heteroatoms. The van der Waals surface area contributed by atoms with Crippen molar-refractivity contribution in [1.82, 2.24) is 10.3 Å². The van der Waals surface area contributed by atoms with E-state index in [1.165, 1.54) is 0 Å². The lowest BCUT2D eigenvalue weighted by Crippen LogP contribution is -2.25. The summed E-state index contributed by atoms with van der Waals surface area (Å²) >= 11 is 1.55. The van der Waals surface area contributed by atoms with Crippen LogP contribution in [0, 0.1) is 0 Å². The third kappa shape index (κ3) is 2.55. The Hall–Kier alpha value is -0.450. The van der Waals surface area contributed by atoms with E-state index in [0.717, 1.165) is 18.7 Å². The van der Waals surface area contributed by atoms with E-state index in [9.17, 15) is 0 Å². The van der Waals surface area contributed by atoms with E-state index in [1.54, 1.807) is 16.8 Å². The maximum Gasteiger partial charge on any atom is 0.0795 e. The fourth-order valence-electron chi connectivity index (χ4n) is 0.975. The summed E-state index contributed by atoms with van der Waals surface area (Å²) in [7, 11) is 0. The topological polar surface area (TPSA) is 45.1 Å². The zero-order chi connectivity index (χ0) is 8.81. The average Bonchev–Trinajstić information content (AvgIpc) is 2.59. The number of aromatic nitrogens is 1. The van der Waals surface area contributed by atoms with Crippen LogP contribution < -0.4 is 5.32 Å². The van der Waals surface area contributed by atoms with Crippen LogP contribution in [0.3, 0.4) is 0 Å². The van der Waals surface area contributed by atoms with Crippen molar-refractivity contribution in [1.29, 1.82) is 0 Å². The van der Waals surface area contributed by atoms with Crippen LogP contribution >= 0.6 is 11.3 Å². The van der Waals surface area contributed by atoms with E-state index in [2.05, 4.69) is 17.2 Å². The molecule has 0 radical (unpaired) electrons. The minimum absolute atomic E-state index is 0.0104. The van der Waals surface area contributed by atoms with E-state index >= 15 is 0 Å². The maximum atomic E-state index is 9.03. The molecule has 1 aromatic rings.